The lowest BCUT2D eigenvalue weighted by atomic mass is 10.1. The monoisotopic (exact) mass is 475 g/mol. The Morgan fingerprint density at radius 2 is 1.57 bits per heavy atom. The number of nitrogens with one attached hydrogen (secondary N) is 2. The molecule has 3 rings (SSSR count). The third kappa shape index (κ3) is 6.99. The van der Waals surface area contributed by atoms with Crippen LogP contribution in [0.5, 0.6) is 5.75 Å². The summed E-state index contributed by atoms with van der Waals surface area (Å²) in [4.78, 5) is 47.4. The molecule has 0 spiro atoms. The van der Waals surface area contributed by atoms with Gasteiger partial charge in [-0.2, -0.15) is 0 Å². The SMILES string of the molecule is COc1ccc(/C=C/C(=O)Nc2ccccc2C(=O)OCC(=O)Nc2ccccc2[N+](=O)[O-])cc1. The van der Waals surface area contributed by atoms with E-state index in [2.05, 4.69) is 10.6 Å². The number of methoxy groups -OCH3 is 1. The molecule has 0 unspecified atom stereocenters. The normalized spacial score (nSPS) is 10.4. The summed E-state index contributed by atoms with van der Waals surface area (Å²) in [7, 11) is 1.56. The van der Waals surface area contributed by atoms with Crippen LogP contribution in [0.4, 0.5) is 17.1 Å². The number of carbonyl (C=O) groups is 3. The number of esters is 1. The van der Waals surface area contributed by atoms with Gasteiger partial charge >= 0.3 is 5.97 Å². The summed E-state index contributed by atoms with van der Waals surface area (Å²) in [6, 6.07) is 18.8. The summed E-state index contributed by atoms with van der Waals surface area (Å²) in [6.07, 6.45) is 2.91. The van der Waals surface area contributed by atoms with Gasteiger partial charge in [-0.1, -0.05) is 36.4 Å². The van der Waals surface area contributed by atoms with E-state index in [9.17, 15) is 24.5 Å². The number of rotatable bonds is 9. The Morgan fingerprint density at radius 1 is 0.914 bits per heavy atom. The highest BCUT2D eigenvalue weighted by Crippen LogP contribution is 2.23. The summed E-state index contributed by atoms with van der Waals surface area (Å²) in [6.45, 7) is -0.676. The summed E-state index contributed by atoms with van der Waals surface area (Å²) in [5.41, 5.74) is 0.703. The number of hydrogen-bond donors (Lipinski definition) is 2. The average Bonchev–Trinajstić information content (AvgIpc) is 2.87. The number of ether oxygens (including phenoxy) is 2. The summed E-state index contributed by atoms with van der Waals surface area (Å²) < 4.78 is 10.1. The van der Waals surface area contributed by atoms with Gasteiger partial charge in [-0.3, -0.25) is 19.7 Å². The van der Waals surface area contributed by atoms with E-state index in [-0.39, 0.29) is 22.6 Å². The molecule has 0 aliphatic rings. The molecule has 178 valence electrons. The van der Waals surface area contributed by atoms with Gasteiger partial charge in [0.05, 0.1) is 23.3 Å². The molecular formula is C25H21N3O7. The Kier molecular flexibility index (Phi) is 8.28. The van der Waals surface area contributed by atoms with E-state index in [1.165, 1.54) is 42.5 Å². The number of nitro benzene ring substituents is 1. The van der Waals surface area contributed by atoms with Gasteiger partial charge in [0.2, 0.25) is 5.91 Å². The minimum absolute atomic E-state index is 0.0186. The fourth-order valence-corrected chi connectivity index (χ4v) is 2.97. The molecule has 0 aromatic heterocycles. The molecule has 2 amide bonds. The van der Waals surface area contributed by atoms with Crippen molar-refractivity contribution in [3.63, 3.8) is 0 Å². The first kappa shape index (κ1) is 24.6. The van der Waals surface area contributed by atoms with E-state index in [0.29, 0.717) is 5.75 Å². The van der Waals surface area contributed by atoms with Crippen LogP contribution < -0.4 is 15.4 Å². The number of carbonyl (C=O) groups excluding carboxylic acids is 3. The van der Waals surface area contributed by atoms with E-state index in [1.807, 2.05) is 0 Å². The molecule has 35 heavy (non-hydrogen) atoms. The first-order valence-electron chi connectivity index (χ1n) is 10.3. The van der Waals surface area contributed by atoms with Gasteiger partial charge in [-0.25, -0.2) is 4.79 Å². The molecule has 0 saturated carbocycles. The van der Waals surface area contributed by atoms with Gasteiger partial charge in [0.25, 0.3) is 11.6 Å². The van der Waals surface area contributed by atoms with Crippen molar-refractivity contribution in [2.75, 3.05) is 24.4 Å². The average molecular weight is 475 g/mol. The predicted octanol–water partition coefficient (Wildman–Crippen LogP) is 4.05. The van der Waals surface area contributed by atoms with Gasteiger partial charge in [-0.05, 0) is 42.0 Å². The van der Waals surface area contributed by atoms with Gasteiger partial charge in [0.1, 0.15) is 11.4 Å². The van der Waals surface area contributed by atoms with E-state index < -0.39 is 29.3 Å². The molecule has 0 heterocycles. The van der Waals surface area contributed by atoms with Crippen molar-refractivity contribution >= 4 is 40.9 Å². The third-order valence-electron chi connectivity index (χ3n) is 4.66. The molecule has 0 atom stereocenters. The van der Waals surface area contributed by atoms with E-state index in [1.54, 1.807) is 49.6 Å². The van der Waals surface area contributed by atoms with Gasteiger partial charge < -0.3 is 20.1 Å². The lowest BCUT2D eigenvalue weighted by Gasteiger charge is -2.10. The lowest BCUT2D eigenvalue weighted by Crippen LogP contribution is -2.22. The van der Waals surface area contributed by atoms with Crippen molar-refractivity contribution < 1.29 is 28.8 Å². The maximum Gasteiger partial charge on any atom is 0.340 e. The lowest BCUT2D eigenvalue weighted by molar-refractivity contribution is -0.383. The molecule has 3 aromatic rings. The molecule has 2 N–H and O–H groups in total. The van der Waals surface area contributed by atoms with E-state index >= 15 is 0 Å². The molecule has 0 aliphatic heterocycles. The topological polar surface area (TPSA) is 137 Å². The number of nitro groups is 1. The highest BCUT2D eigenvalue weighted by Gasteiger charge is 2.18. The quantitative estimate of drug-likeness (QED) is 0.206. The van der Waals surface area contributed by atoms with Crippen LogP contribution in [-0.4, -0.2) is 36.4 Å². The van der Waals surface area contributed by atoms with Crippen LogP contribution in [0.2, 0.25) is 0 Å². The second-order valence-electron chi connectivity index (χ2n) is 7.04. The van der Waals surface area contributed by atoms with Crippen molar-refractivity contribution in [1.29, 1.82) is 0 Å². The Labute approximate surface area is 200 Å². The number of benzene rings is 3. The maximum absolute atomic E-state index is 12.5. The Morgan fingerprint density at radius 3 is 2.26 bits per heavy atom. The van der Waals surface area contributed by atoms with Crippen LogP contribution in [-0.2, 0) is 14.3 Å². The first-order chi connectivity index (χ1) is 16.9. The third-order valence-corrected chi connectivity index (χ3v) is 4.66. The molecule has 0 aliphatic carbocycles. The highest BCUT2D eigenvalue weighted by atomic mass is 16.6. The molecule has 10 heteroatoms. The Hall–Kier alpha value is -4.99. The number of hydrogen-bond acceptors (Lipinski definition) is 7. The molecule has 0 bridgehead atoms. The zero-order valence-electron chi connectivity index (χ0n) is 18.6. The summed E-state index contributed by atoms with van der Waals surface area (Å²) in [5.74, 6) is -1.39. The molecule has 0 radical (unpaired) electrons. The van der Waals surface area contributed by atoms with Crippen molar-refractivity contribution in [2.45, 2.75) is 0 Å². The van der Waals surface area contributed by atoms with Gasteiger partial charge in [-0.15, -0.1) is 0 Å². The fraction of sp³-hybridized carbons (Fsp3) is 0.0800. The number of amides is 2. The molecule has 10 nitrogen and oxygen atoms in total. The van der Waals surface area contributed by atoms with E-state index in [4.69, 9.17) is 9.47 Å². The Bertz CT molecular complexity index is 1270. The molecule has 0 fully saturated rings. The minimum atomic E-state index is -0.849. The van der Waals surface area contributed by atoms with Gasteiger partial charge in [0.15, 0.2) is 6.61 Å². The predicted molar refractivity (Wildman–Crippen MR) is 129 cm³/mol. The van der Waals surface area contributed by atoms with Crippen LogP contribution >= 0.6 is 0 Å². The Balaban J connectivity index is 1.60. The van der Waals surface area contributed by atoms with Crippen LogP contribution in [0.3, 0.4) is 0 Å². The van der Waals surface area contributed by atoms with Crippen LogP contribution in [0.25, 0.3) is 6.08 Å². The molecule has 0 saturated heterocycles. The summed E-state index contributed by atoms with van der Waals surface area (Å²) >= 11 is 0. The van der Waals surface area contributed by atoms with Crippen molar-refractivity contribution in [1.82, 2.24) is 0 Å². The van der Waals surface area contributed by atoms with Crippen molar-refractivity contribution in [3.8, 4) is 5.75 Å². The van der Waals surface area contributed by atoms with Gasteiger partial charge in [0, 0.05) is 12.1 Å². The van der Waals surface area contributed by atoms with Crippen LogP contribution in [0, 0.1) is 10.1 Å². The standard InChI is InChI=1S/C25H21N3O7/c1-34-18-13-10-17(11-14-18)12-15-23(29)26-20-7-3-2-6-19(20)25(31)35-16-24(30)27-21-8-4-5-9-22(21)28(32)33/h2-15H,16H2,1H3,(H,26,29)(H,27,30)/b15-12+. The number of nitrogens with zero attached hydrogens (tertiary/aromatic N) is 1. The largest absolute Gasteiger partial charge is 0.497 e. The maximum atomic E-state index is 12.5. The minimum Gasteiger partial charge on any atom is -0.497 e. The van der Waals surface area contributed by atoms with E-state index in [0.717, 1.165) is 5.56 Å². The number of anilines is 2. The highest BCUT2D eigenvalue weighted by molar-refractivity contribution is 6.06. The second kappa shape index (κ2) is 11.8. The molecule has 3 aromatic carbocycles. The fourth-order valence-electron chi connectivity index (χ4n) is 2.97. The first-order valence-corrected chi connectivity index (χ1v) is 10.3. The van der Waals surface area contributed by atoms with Crippen molar-refractivity contribution in [2.24, 2.45) is 0 Å². The summed E-state index contributed by atoms with van der Waals surface area (Å²) in [5, 5.41) is 16.0. The smallest absolute Gasteiger partial charge is 0.340 e. The zero-order valence-corrected chi connectivity index (χ0v) is 18.6. The van der Waals surface area contributed by atoms with Crippen molar-refractivity contribution in [3.05, 3.63) is 100 Å². The molecular weight excluding hydrogens is 454 g/mol. The van der Waals surface area contributed by atoms with Crippen LogP contribution in [0.1, 0.15) is 15.9 Å². The zero-order chi connectivity index (χ0) is 25.2. The number of para-hydroxylation sites is 3. The second-order valence-corrected chi connectivity index (χ2v) is 7.04. The van der Waals surface area contributed by atoms with Crippen LogP contribution in [0.15, 0.2) is 78.9 Å².